The second-order valence-corrected chi connectivity index (χ2v) is 5.39. The van der Waals surface area contributed by atoms with Crippen LogP contribution in [0.15, 0.2) is 47.4 Å². The molecule has 0 unspecified atom stereocenters. The minimum absolute atomic E-state index is 0.0751. The van der Waals surface area contributed by atoms with Crippen LogP contribution in [-0.4, -0.2) is 8.42 Å². The van der Waals surface area contributed by atoms with E-state index in [-0.39, 0.29) is 5.75 Å². The molecule has 0 aromatic heterocycles. The SMILES string of the molecule is Cc1ccccc1OS(=O)(=O)c1cc(F)ccc1F. The Morgan fingerprint density at radius 1 is 1.05 bits per heavy atom. The first-order chi connectivity index (χ1) is 8.90. The maximum Gasteiger partial charge on any atom is 0.342 e. The van der Waals surface area contributed by atoms with E-state index in [0.717, 1.165) is 12.1 Å². The molecule has 2 aromatic rings. The fourth-order valence-electron chi connectivity index (χ4n) is 1.48. The van der Waals surface area contributed by atoms with Crippen LogP contribution in [0, 0.1) is 18.6 Å². The first-order valence-corrected chi connectivity index (χ1v) is 6.76. The van der Waals surface area contributed by atoms with Crippen molar-refractivity contribution in [3.05, 3.63) is 59.7 Å². The van der Waals surface area contributed by atoms with Crippen molar-refractivity contribution >= 4 is 10.1 Å². The Bertz CT molecular complexity index is 712. The smallest absolute Gasteiger partial charge is 0.342 e. The Morgan fingerprint density at radius 2 is 1.74 bits per heavy atom. The maximum absolute atomic E-state index is 13.4. The van der Waals surface area contributed by atoms with Gasteiger partial charge in [-0.3, -0.25) is 0 Å². The summed E-state index contributed by atoms with van der Waals surface area (Å²) in [6.07, 6.45) is 0. The summed E-state index contributed by atoms with van der Waals surface area (Å²) in [5, 5.41) is 0. The lowest BCUT2D eigenvalue weighted by Crippen LogP contribution is -2.12. The average molecular weight is 284 g/mol. The topological polar surface area (TPSA) is 43.4 Å². The van der Waals surface area contributed by atoms with Crippen molar-refractivity contribution in [3.8, 4) is 5.75 Å². The van der Waals surface area contributed by atoms with Crippen LogP contribution in [-0.2, 0) is 10.1 Å². The van der Waals surface area contributed by atoms with Gasteiger partial charge < -0.3 is 4.18 Å². The molecule has 0 bridgehead atoms. The molecule has 2 aromatic carbocycles. The van der Waals surface area contributed by atoms with Crippen LogP contribution in [0.2, 0.25) is 0 Å². The summed E-state index contributed by atoms with van der Waals surface area (Å²) in [6.45, 7) is 1.65. The van der Waals surface area contributed by atoms with Gasteiger partial charge in [-0.1, -0.05) is 18.2 Å². The highest BCUT2D eigenvalue weighted by molar-refractivity contribution is 7.87. The molecule has 19 heavy (non-hydrogen) atoms. The lowest BCUT2D eigenvalue weighted by Gasteiger charge is -2.09. The Hall–Kier alpha value is -1.95. The molecule has 0 radical (unpaired) electrons. The molecule has 0 amide bonds. The number of rotatable bonds is 3. The van der Waals surface area contributed by atoms with Crippen LogP contribution in [0.5, 0.6) is 5.75 Å². The van der Waals surface area contributed by atoms with Gasteiger partial charge in [-0.05, 0) is 36.8 Å². The highest BCUT2D eigenvalue weighted by Crippen LogP contribution is 2.24. The fourth-order valence-corrected chi connectivity index (χ4v) is 2.56. The molecule has 0 aliphatic carbocycles. The van der Waals surface area contributed by atoms with Gasteiger partial charge in [0.2, 0.25) is 0 Å². The highest BCUT2D eigenvalue weighted by atomic mass is 32.2. The van der Waals surface area contributed by atoms with Gasteiger partial charge in [0.15, 0.2) is 0 Å². The molecule has 0 spiro atoms. The van der Waals surface area contributed by atoms with E-state index < -0.39 is 26.6 Å². The van der Waals surface area contributed by atoms with Gasteiger partial charge in [0.1, 0.15) is 22.3 Å². The summed E-state index contributed by atoms with van der Waals surface area (Å²) < 4.78 is 55.1. The van der Waals surface area contributed by atoms with Crippen LogP contribution < -0.4 is 4.18 Å². The normalized spacial score (nSPS) is 11.3. The number of para-hydroxylation sites is 1. The molecule has 0 saturated carbocycles. The number of halogens is 2. The third kappa shape index (κ3) is 2.90. The van der Waals surface area contributed by atoms with Crippen molar-refractivity contribution in [3.63, 3.8) is 0 Å². The summed E-state index contributed by atoms with van der Waals surface area (Å²) in [5.41, 5.74) is 0.572. The van der Waals surface area contributed by atoms with Gasteiger partial charge in [-0.15, -0.1) is 0 Å². The third-order valence-electron chi connectivity index (χ3n) is 2.46. The average Bonchev–Trinajstić information content (AvgIpc) is 2.35. The Balaban J connectivity index is 2.44. The van der Waals surface area contributed by atoms with Gasteiger partial charge in [0, 0.05) is 0 Å². The summed E-state index contributed by atoms with van der Waals surface area (Å²) in [6, 6.07) is 8.53. The maximum atomic E-state index is 13.4. The molecular formula is C13H10F2O3S. The molecule has 2 rings (SSSR count). The van der Waals surface area contributed by atoms with Crippen molar-refractivity contribution < 1.29 is 21.4 Å². The fraction of sp³-hybridized carbons (Fsp3) is 0.0769. The van der Waals surface area contributed by atoms with E-state index in [1.807, 2.05) is 0 Å². The molecule has 0 aliphatic rings. The largest absolute Gasteiger partial charge is 0.379 e. The van der Waals surface area contributed by atoms with E-state index in [0.29, 0.717) is 11.6 Å². The van der Waals surface area contributed by atoms with Crippen LogP contribution in [0.1, 0.15) is 5.56 Å². The van der Waals surface area contributed by atoms with E-state index in [1.54, 1.807) is 25.1 Å². The molecule has 0 fully saturated rings. The number of aryl methyl sites for hydroxylation is 1. The van der Waals surface area contributed by atoms with Crippen molar-refractivity contribution in [1.82, 2.24) is 0 Å². The Morgan fingerprint density at radius 3 is 2.42 bits per heavy atom. The first-order valence-electron chi connectivity index (χ1n) is 5.35. The first kappa shape index (κ1) is 13.5. The molecule has 0 atom stereocenters. The Kier molecular flexibility index (Phi) is 3.53. The number of benzene rings is 2. The van der Waals surface area contributed by atoms with E-state index in [9.17, 15) is 17.2 Å². The van der Waals surface area contributed by atoms with Crippen molar-refractivity contribution in [2.45, 2.75) is 11.8 Å². The zero-order chi connectivity index (χ0) is 14.0. The highest BCUT2D eigenvalue weighted by Gasteiger charge is 2.22. The van der Waals surface area contributed by atoms with Crippen LogP contribution in [0.4, 0.5) is 8.78 Å². The summed E-state index contributed by atoms with van der Waals surface area (Å²) in [4.78, 5) is -0.823. The molecule has 6 heteroatoms. The van der Waals surface area contributed by atoms with Gasteiger partial charge in [0.25, 0.3) is 0 Å². The number of hydrogen-bond donors (Lipinski definition) is 0. The van der Waals surface area contributed by atoms with Gasteiger partial charge >= 0.3 is 10.1 Å². The minimum Gasteiger partial charge on any atom is -0.379 e. The van der Waals surface area contributed by atoms with E-state index in [2.05, 4.69) is 0 Å². The van der Waals surface area contributed by atoms with Crippen LogP contribution in [0.3, 0.4) is 0 Å². The van der Waals surface area contributed by atoms with Gasteiger partial charge in [-0.25, -0.2) is 8.78 Å². The molecule has 100 valence electrons. The van der Waals surface area contributed by atoms with Crippen LogP contribution >= 0.6 is 0 Å². The molecule has 0 N–H and O–H groups in total. The molecule has 0 aliphatic heterocycles. The van der Waals surface area contributed by atoms with E-state index >= 15 is 0 Å². The Labute approximate surface area is 109 Å². The molecule has 0 saturated heterocycles. The quantitative estimate of drug-likeness (QED) is 0.814. The molecule has 0 heterocycles. The molecular weight excluding hydrogens is 274 g/mol. The second-order valence-electron chi connectivity index (χ2n) is 3.88. The third-order valence-corrected chi connectivity index (χ3v) is 3.71. The summed E-state index contributed by atoms with van der Waals surface area (Å²) in [7, 11) is -4.40. The standard InChI is InChI=1S/C13H10F2O3S/c1-9-4-2-3-5-12(9)18-19(16,17)13-8-10(14)6-7-11(13)15/h2-8H,1H3. The number of hydrogen-bond acceptors (Lipinski definition) is 3. The summed E-state index contributed by atoms with van der Waals surface area (Å²) >= 11 is 0. The van der Waals surface area contributed by atoms with Crippen molar-refractivity contribution in [1.29, 1.82) is 0 Å². The monoisotopic (exact) mass is 284 g/mol. The lowest BCUT2D eigenvalue weighted by molar-refractivity contribution is 0.472. The zero-order valence-corrected chi connectivity index (χ0v) is 10.7. The van der Waals surface area contributed by atoms with E-state index in [1.165, 1.54) is 6.07 Å². The zero-order valence-electron chi connectivity index (χ0n) is 9.93. The molecule has 3 nitrogen and oxygen atoms in total. The summed E-state index contributed by atoms with van der Waals surface area (Å²) in [5.74, 6) is -1.84. The van der Waals surface area contributed by atoms with Crippen LogP contribution in [0.25, 0.3) is 0 Å². The predicted octanol–water partition coefficient (Wildman–Crippen LogP) is 3.04. The van der Waals surface area contributed by atoms with Crippen molar-refractivity contribution in [2.24, 2.45) is 0 Å². The second kappa shape index (κ2) is 4.97. The van der Waals surface area contributed by atoms with Gasteiger partial charge in [0.05, 0.1) is 0 Å². The lowest BCUT2D eigenvalue weighted by atomic mass is 10.2. The van der Waals surface area contributed by atoms with Crippen molar-refractivity contribution in [2.75, 3.05) is 0 Å². The van der Waals surface area contributed by atoms with Gasteiger partial charge in [-0.2, -0.15) is 8.42 Å². The van der Waals surface area contributed by atoms with E-state index in [4.69, 9.17) is 4.18 Å². The minimum atomic E-state index is -4.40. The predicted molar refractivity (Wildman–Crippen MR) is 65.4 cm³/mol.